The molecule has 0 spiro atoms. The number of nitro groups is 1. The van der Waals surface area contributed by atoms with Crippen LogP contribution in [0.2, 0.25) is 5.02 Å². The number of aromatic hydroxyl groups is 1. The first-order valence-corrected chi connectivity index (χ1v) is 5.89. The number of non-ortho nitro benzene ring substituents is 1. The molecule has 0 saturated carbocycles. The first kappa shape index (κ1) is 12.4. The number of halogens is 1. The lowest BCUT2D eigenvalue weighted by atomic mass is 10.1. The lowest BCUT2D eigenvalue weighted by molar-refractivity contribution is -0.383. The molecule has 7 heteroatoms. The predicted octanol–water partition coefficient (Wildman–Crippen LogP) is 3.21. The summed E-state index contributed by atoms with van der Waals surface area (Å²) in [6, 6.07) is 6.38. The van der Waals surface area contributed by atoms with Crippen LogP contribution in [0.3, 0.4) is 0 Å². The molecule has 3 rings (SSSR count). The molecule has 0 unspecified atom stereocenters. The Hall–Kier alpha value is -2.60. The number of nitrogens with zero attached hydrogens (tertiary/aromatic N) is 1. The largest absolute Gasteiger partial charge is 0.508 e. The summed E-state index contributed by atoms with van der Waals surface area (Å²) in [6.45, 7) is 0. The third kappa shape index (κ3) is 1.70. The van der Waals surface area contributed by atoms with Crippen LogP contribution in [-0.4, -0.2) is 10.0 Å². The van der Waals surface area contributed by atoms with E-state index in [0.29, 0.717) is 0 Å². The number of nitro benzene ring substituents is 1. The summed E-state index contributed by atoms with van der Waals surface area (Å²) in [5.41, 5.74) is -0.972. The Kier molecular flexibility index (Phi) is 2.62. The number of hydrogen-bond donors (Lipinski definition) is 1. The van der Waals surface area contributed by atoms with Crippen molar-refractivity contribution in [1.29, 1.82) is 0 Å². The highest BCUT2D eigenvalue weighted by Crippen LogP contribution is 2.32. The minimum atomic E-state index is -0.657. The van der Waals surface area contributed by atoms with Crippen LogP contribution in [0.5, 0.6) is 5.75 Å². The fraction of sp³-hybridized carbons (Fsp3) is 0. The summed E-state index contributed by atoms with van der Waals surface area (Å²) in [5.74, 6) is -0.107. The minimum absolute atomic E-state index is 0.0425. The maximum Gasteiger partial charge on any atom is 0.312 e. The Morgan fingerprint density at radius 1 is 1.25 bits per heavy atom. The molecule has 0 aliphatic heterocycles. The van der Waals surface area contributed by atoms with Crippen molar-refractivity contribution < 1.29 is 14.4 Å². The Morgan fingerprint density at radius 3 is 2.70 bits per heavy atom. The minimum Gasteiger partial charge on any atom is -0.508 e. The number of phenolic OH excluding ortho intramolecular Hbond substituents is 1. The van der Waals surface area contributed by atoms with Gasteiger partial charge in [-0.2, -0.15) is 0 Å². The van der Waals surface area contributed by atoms with Crippen LogP contribution in [0.15, 0.2) is 39.5 Å². The smallest absolute Gasteiger partial charge is 0.312 e. The number of hydrogen-bond acceptors (Lipinski definition) is 5. The van der Waals surface area contributed by atoms with Crippen molar-refractivity contribution in [3.05, 3.63) is 55.7 Å². The van der Waals surface area contributed by atoms with Crippen molar-refractivity contribution in [2.45, 2.75) is 0 Å². The van der Waals surface area contributed by atoms with Gasteiger partial charge in [-0.1, -0.05) is 11.6 Å². The van der Waals surface area contributed by atoms with Crippen molar-refractivity contribution >= 4 is 39.2 Å². The van der Waals surface area contributed by atoms with Gasteiger partial charge >= 0.3 is 5.69 Å². The molecule has 100 valence electrons. The average molecular weight is 292 g/mol. The molecule has 1 aromatic heterocycles. The number of benzene rings is 2. The van der Waals surface area contributed by atoms with Gasteiger partial charge in [-0.25, -0.2) is 0 Å². The normalized spacial score (nSPS) is 11.1. The Morgan fingerprint density at radius 2 is 2.00 bits per heavy atom. The lowest BCUT2D eigenvalue weighted by Gasteiger charge is -2.03. The molecule has 6 nitrogen and oxygen atoms in total. The molecule has 0 aliphatic carbocycles. The zero-order valence-corrected chi connectivity index (χ0v) is 10.5. The second-order valence-corrected chi connectivity index (χ2v) is 4.55. The van der Waals surface area contributed by atoms with Gasteiger partial charge in [0.25, 0.3) is 0 Å². The van der Waals surface area contributed by atoms with Gasteiger partial charge in [0, 0.05) is 12.1 Å². The van der Waals surface area contributed by atoms with Crippen LogP contribution in [-0.2, 0) is 0 Å². The molecule has 20 heavy (non-hydrogen) atoms. The van der Waals surface area contributed by atoms with Crippen LogP contribution >= 0.6 is 11.6 Å². The molecular weight excluding hydrogens is 286 g/mol. The summed E-state index contributed by atoms with van der Waals surface area (Å²) in [7, 11) is 0. The van der Waals surface area contributed by atoms with Crippen LogP contribution in [0.4, 0.5) is 5.69 Å². The predicted molar refractivity (Wildman–Crippen MR) is 73.3 cm³/mol. The number of phenols is 1. The zero-order valence-electron chi connectivity index (χ0n) is 9.79. The fourth-order valence-corrected chi connectivity index (χ4v) is 2.27. The Balaban J connectivity index is 2.62. The summed E-state index contributed by atoms with van der Waals surface area (Å²) in [6.07, 6.45) is 0. The van der Waals surface area contributed by atoms with Crippen molar-refractivity contribution in [2.75, 3.05) is 0 Å². The fourth-order valence-electron chi connectivity index (χ4n) is 2.03. The van der Waals surface area contributed by atoms with E-state index in [1.807, 2.05) is 0 Å². The van der Waals surface area contributed by atoms with Crippen molar-refractivity contribution in [1.82, 2.24) is 0 Å². The quantitative estimate of drug-likeness (QED) is 0.422. The van der Waals surface area contributed by atoms with E-state index >= 15 is 0 Å². The number of rotatable bonds is 1. The first-order valence-electron chi connectivity index (χ1n) is 5.51. The van der Waals surface area contributed by atoms with E-state index < -0.39 is 10.4 Å². The van der Waals surface area contributed by atoms with Gasteiger partial charge in [-0.05, 0) is 18.2 Å². The van der Waals surface area contributed by atoms with E-state index in [1.54, 1.807) is 0 Å². The Bertz CT molecular complexity index is 931. The summed E-state index contributed by atoms with van der Waals surface area (Å²) < 4.78 is 5.40. The van der Waals surface area contributed by atoms with Gasteiger partial charge in [-0.3, -0.25) is 14.9 Å². The monoisotopic (exact) mass is 291 g/mol. The molecular formula is C13H6ClNO5. The topological polar surface area (TPSA) is 93.6 Å². The van der Waals surface area contributed by atoms with E-state index in [0.717, 1.165) is 0 Å². The molecule has 1 heterocycles. The van der Waals surface area contributed by atoms with Gasteiger partial charge in [0.05, 0.1) is 20.7 Å². The molecule has 0 amide bonds. The van der Waals surface area contributed by atoms with Gasteiger partial charge in [0.15, 0.2) is 0 Å². The van der Waals surface area contributed by atoms with Gasteiger partial charge in [0.2, 0.25) is 11.0 Å². The highest BCUT2D eigenvalue weighted by Gasteiger charge is 2.20. The first-order chi connectivity index (χ1) is 9.49. The van der Waals surface area contributed by atoms with Crippen molar-refractivity contribution in [3.8, 4) is 5.75 Å². The molecule has 0 radical (unpaired) electrons. The molecule has 0 fully saturated rings. The van der Waals surface area contributed by atoms with Gasteiger partial charge < -0.3 is 9.52 Å². The SMILES string of the molecule is O=c1c2ccc(O)cc2oc2c([N+](=O)[O-])ccc(Cl)c12. The van der Waals surface area contributed by atoms with Crippen molar-refractivity contribution in [3.63, 3.8) is 0 Å². The summed E-state index contributed by atoms with van der Waals surface area (Å²) in [4.78, 5) is 22.7. The van der Waals surface area contributed by atoms with E-state index in [9.17, 15) is 20.0 Å². The van der Waals surface area contributed by atoms with Crippen LogP contribution in [0.25, 0.3) is 21.9 Å². The maximum atomic E-state index is 12.3. The Labute approximate surface area is 116 Å². The van der Waals surface area contributed by atoms with E-state index in [1.165, 1.54) is 30.3 Å². The van der Waals surface area contributed by atoms with Gasteiger partial charge in [0.1, 0.15) is 11.3 Å². The zero-order chi connectivity index (χ0) is 14.4. The molecule has 0 bridgehead atoms. The molecule has 3 aromatic rings. The molecule has 0 atom stereocenters. The van der Waals surface area contributed by atoms with Crippen LogP contribution in [0, 0.1) is 10.1 Å². The molecule has 2 aromatic carbocycles. The average Bonchev–Trinajstić information content (AvgIpc) is 2.38. The highest BCUT2D eigenvalue weighted by molar-refractivity contribution is 6.35. The second-order valence-electron chi connectivity index (χ2n) is 4.14. The van der Waals surface area contributed by atoms with Crippen LogP contribution < -0.4 is 5.43 Å². The summed E-state index contributed by atoms with van der Waals surface area (Å²) in [5, 5.41) is 20.6. The van der Waals surface area contributed by atoms with Gasteiger partial charge in [-0.15, -0.1) is 0 Å². The van der Waals surface area contributed by atoms with E-state index in [4.69, 9.17) is 16.0 Å². The van der Waals surface area contributed by atoms with E-state index in [2.05, 4.69) is 0 Å². The highest BCUT2D eigenvalue weighted by atomic mass is 35.5. The molecule has 1 N–H and O–H groups in total. The molecule has 0 saturated heterocycles. The maximum absolute atomic E-state index is 12.3. The van der Waals surface area contributed by atoms with Crippen LogP contribution in [0.1, 0.15) is 0 Å². The summed E-state index contributed by atoms with van der Waals surface area (Å²) >= 11 is 5.94. The van der Waals surface area contributed by atoms with E-state index in [-0.39, 0.29) is 38.4 Å². The lowest BCUT2D eigenvalue weighted by Crippen LogP contribution is -2.04. The molecule has 0 aliphatic rings. The standard InChI is InChI=1S/C13H6ClNO5/c14-8-3-4-9(15(18)19)13-11(8)12(17)7-2-1-6(16)5-10(7)20-13/h1-5,16H. The third-order valence-electron chi connectivity index (χ3n) is 2.93. The van der Waals surface area contributed by atoms with Crippen molar-refractivity contribution in [2.24, 2.45) is 0 Å². The second kappa shape index (κ2) is 4.21. The third-order valence-corrected chi connectivity index (χ3v) is 3.25. The number of fused-ring (bicyclic) bond motifs is 2.